The Hall–Kier alpha value is -0.100. The first-order valence-corrected chi connectivity index (χ1v) is 7.19. The molecule has 2 heterocycles. The Labute approximate surface area is 115 Å². The maximum atomic E-state index is 5.54. The topological polar surface area (TPSA) is 25.2 Å². The highest BCUT2D eigenvalue weighted by molar-refractivity contribution is 9.12. The van der Waals surface area contributed by atoms with Crippen molar-refractivity contribution in [3.05, 3.63) is 42.9 Å². The van der Waals surface area contributed by atoms with E-state index in [0.717, 1.165) is 18.9 Å². The van der Waals surface area contributed by atoms with Gasteiger partial charge in [-0.1, -0.05) is 0 Å². The third kappa shape index (κ3) is 2.27. The first kappa shape index (κ1) is 12.4. The highest BCUT2D eigenvalue weighted by Gasteiger charge is 2.21. The van der Waals surface area contributed by atoms with E-state index in [0.29, 0.717) is 0 Å². The van der Waals surface area contributed by atoms with Crippen LogP contribution in [0.1, 0.15) is 22.9 Å². The Bertz CT molecular complexity index is 492. The lowest BCUT2D eigenvalue weighted by Gasteiger charge is -2.14. The van der Waals surface area contributed by atoms with Crippen LogP contribution in [0.25, 0.3) is 0 Å². The van der Waals surface area contributed by atoms with Crippen molar-refractivity contribution < 1.29 is 4.42 Å². The van der Waals surface area contributed by atoms with Gasteiger partial charge in [-0.25, -0.2) is 0 Å². The summed E-state index contributed by atoms with van der Waals surface area (Å²) in [7, 11) is 1.94. The summed E-state index contributed by atoms with van der Waals surface area (Å²) < 4.78 is 7.77. The first-order valence-electron chi connectivity index (χ1n) is 4.79. The molecule has 0 aliphatic rings. The number of aryl methyl sites for hydroxylation is 1. The molecule has 1 N–H and O–H groups in total. The van der Waals surface area contributed by atoms with E-state index in [1.807, 2.05) is 13.1 Å². The van der Waals surface area contributed by atoms with E-state index in [1.54, 1.807) is 17.6 Å². The largest absolute Gasteiger partial charge is 0.467 e. The molecule has 0 amide bonds. The first-order chi connectivity index (χ1) is 7.63. The molecule has 0 saturated carbocycles. The lowest BCUT2D eigenvalue weighted by molar-refractivity contribution is 0.460. The summed E-state index contributed by atoms with van der Waals surface area (Å²) in [5.74, 6) is 0.966. The van der Waals surface area contributed by atoms with Crippen molar-refractivity contribution in [2.75, 3.05) is 7.05 Å². The predicted octanol–water partition coefficient (Wildman–Crippen LogP) is 4.48. The number of rotatable bonds is 3. The molecule has 2 rings (SSSR count). The Kier molecular flexibility index (Phi) is 3.89. The second-order valence-electron chi connectivity index (χ2n) is 3.47. The van der Waals surface area contributed by atoms with Crippen molar-refractivity contribution in [2.24, 2.45) is 0 Å². The van der Waals surface area contributed by atoms with Crippen LogP contribution in [0.3, 0.4) is 0 Å². The molecule has 2 nitrogen and oxygen atoms in total. The lowest BCUT2D eigenvalue weighted by Crippen LogP contribution is -2.17. The van der Waals surface area contributed by atoms with Crippen LogP contribution in [-0.2, 0) is 0 Å². The molecule has 2 aromatic rings. The molecule has 0 fully saturated rings. The van der Waals surface area contributed by atoms with Gasteiger partial charge >= 0.3 is 0 Å². The summed E-state index contributed by atoms with van der Waals surface area (Å²) in [6, 6.07) is 4.18. The number of furan rings is 1. The van der Waals surface area contributed by atoms with E-state index >= 15 is 0 Å². The van der Waals surface area contributed by atoms with E-state index in [-0.39, 0.29) is 6.04 Å². The van der Waals surface area contributed by atoms with Crippen molar-refractivity contribution in [3.63, 3.8) is 0 Å². The number of hydrogen-bond acceptors (Lipinski definition) is 3. The quantitative estimate of drug-likeness (QED) is 0.868. The third-order valence-corrected chi connectivity index (χ3v) is 4.83. The summed E-state index contributed by atoms with van der Waals surface area (Å²) >= 11 is 8.74. The van der Waals surface area contributed by atoms with Gasteiger partial charge < -0.3 is 9.73 Å². The van der Waals surface area contributed by atoms with Crippen molar-refractivity contribution in [2.45, 2.75) is 13.0 Å². The second-order valence-corrected chi connectivity index (χ2v) is 7.22. The van der Waals surface area contributed by atoms with Crippen LogP contribution < -0.4 is 5.32 Å². The maximum absolute atomic E-state index is 5.54. The molecule has 0 spiro atoms. The molecule has 2 aromatic heterocycles. The summed E-state index contributed by atoms with van der Waals surface area (Å²) in [5, 5.41) is 3.28. The van der Waals surface area contributed by atoms with Gasteiger partial charge in [-0.3, -0.25) is 0 Å². The lowest BCUT2D eigenvalue weighted by atomic mass is 10.1. The maximum Gasteiger partial charge on any atom is 0.128 e. The number of nitrogens with one attached hydrogen (secondary N) is 1. The van der Waals surface area contributed by atoms with Gasteiger partial charge in [0, 0.05) is 5.56 Å². The minimum atomic E-state index is 0.0897. The van der Waals surface area contributed by atoms with Crippen molar-refractivity contribution in [3.8, 4) is 0 Å². The summed E-state index contributed by atoms with van der Waals surface area (Å²) in [6.07, 6.45) is 1.73. The monoisotopic (exact) mass is 363 g/mol. The molecule has 0 bridgehead atoms. The van der Waals surface area contributed by atoms with E-state index in [2.05, 4.69) is 50.2 Å². The number of hydrogen-bond donors (Lipinski definition) is 1. The number of halogens is 2. The molecule has 16 heavy (non-hydrogen) atoms. The molecule has 1 atom stereocenters. The number of thiophene rings is 1. The van der Waals surface area contributed by atoms with Gasteiger partial charge in [-0.2, -0.15) is 0 Å². The fourth-order valence-corrected chi connectivity index (χ4v) is 4.56. The van der Waals surface area contributed by atoms with E-state index in [9.17, 15) is 0 Å². The van der Waals surface area contributed by atoms with Gasteiger partial charge in [0.15, 0.2) is 0 Å². The molecule has 0 aliphatic carbocycles. The van der Waals surface area contributed by atoms with Crippen molar-refractivity contribution in [1.29, 1.82) is 0 Å². The minimum absolute atomic E-state index is 0.0897. The van der Waals surface area contributed by atoms with Gasteiger partial charge in [0.2, 0.25) is 0 Å². The van der Waals surface area contributed by atoms with Gasteiger partial charge in [-0.05, 0) is 63.5 Å². The Balaban J connectivity index is 2.44. The second kappa shape index (κ2) is 5.04. The third-order valence-electron chi connectivity index (χ3n) is 2.45. The molecule has 5 heteroatoms. The van der Waals surface area contributed by atoms with Crippen LogP contribution in [0, 0.1) is 6.92 Å². The van der Waals surface area contributed by atoms with E-state index in [1.165, 1.54) is 5.56 Å². The average Bonchev–Trinajstić information content (AvgIpc) is 2.77. The Morgan fingerprint density at radius 2 is 2.19 bits per heavy atom. The minimum Gasteiger partial charge on any atom is -0.467 e. The SMILES string of the molecule is CNC(c1cc(Br)sc1Br)c1occc1C. The van der Waals surface area contributed by atoms with Gasteiger partial charge in [0.25, 0.3) is 0 Å². The van der Waals surface area contributed by atoms with Gasteiger partial charge in [0.05, 0.1) is 19.9 Å². The van der Waals surface area contributed by atoms with Crippen LogP contribution in [0.5, 0.6) is 0 Å². The van der Waals surface area contributed by atoms with E-state index in [4.69, 9.17) is 4.42 Å². The fourth-order valence-electron chi connectivity index (χ4n) is 1.66. The highest BCUT2D eigenvalue weighted by Crippen LogP contribution is 2.38. The summed E-state index contributed by atoms with van der Waals surface area (Å²) in [5.41, 5.74) is 2.35. The van der Waals surface area contributed by atoms with Gasteiger partial charge in [0.1, 0.15) is 5.76 Å². The average molecular weight is 365 g/mol. The zero-order chi connectivity index (χ0) is 11.7. The Morgan fingerprint density at radius 1 is 1.44 bits per heavy atom. The molecule has 0 aliphatic heterocycles. The molecule has 0 radical (unpaired) electrons. The Morgan fingerprint density at radius 3 is 2.62 bits per heavy atom. The van der Waals surface area contributed by atoms with Crippen molar-refractivity contribution >= 4 is 43.2 Å². The van der Waals surface area contributed by atoms with Crippen LogP contribution in [0.15, 0.2) is 30.4 Å². The fraction of sp³-hybridized carbons (Fsp3) is 0.273. The van der Waals surface area contributed by atoms with Crippen LogP contribution in [0.4, 0.5) is 0 Å². The molecular formula is C11H11Br2NOS. The highest BCUT2D eigenvalue weighted by atomic mass is 79.9. The smallest absolute Gasteiger partial charge is 0.128 e. The standard InChI is InChI=1S/C11H11Br2NOS/c1-6-3-4-15-10(6)9(14-2)7-5-8(12)16-11(7)13/h3-5,9,14H,1-2H3. The van der Waals surface area contributed by atoms with Crippen LogP contribution >= 0.6 is 43.2 Å². The predicted molar refractivity (Wildman–Crippen MR) is 74.1 cm³/mol. The zero-order valence-electron chi connectivity index (χ0n) is 8.88. The normalized spacial score (nSPS) is 13.0. The molecule has 0 saturated heterocycles. The summed E-state index contributed by atoms with van der Waals surface area (Å²) in [6.45, 7) is 2.05. The molecule has 86 valence electrons. The van der Waals surface area contributed by atoms with Crippen LogP contribution in [0.2, 0.25) is 0 Å². The van der Waals surface area contributed by atoms with E-state index < -0.39 is 0 Å². The molecule has 1 unspecified atom stereocenters. The molecule has 0 aromatic carbocycles. The van der Waals surface area contributed by atoms with Gasteiger partial charge in [-0.15, -0.1) is 11.3 Å². The summed E-state index contributed by atoms with van der Waals surface area (Å²) in [4.78, 5) is 0. The van der Waals surface area contributed by atoms with Crippen molar-refractivity contribution in [1.82, 2.24) is 5.32 Å². The molecular weight excluding hydrogens is 354 g/mol. The zero-order valence-corrected chi connectivity index (χ0v) is 12.9. The van der Waals surface area contributed by atoms with Crippen LogP contribution in [-0.4, -0.2) is 7.05 Å².